The molecular formula is C22H23NO4. The summed E-state index contributed by atoms with van der Waals surface area (Å²) in [5.74, 6) is 0.236. The third kappa shape index (κ3) is 4.19. The molecule has 1 unspecified atom stereocenters. The van der Waals surface area contributed by atoms with Crippen molar-refractivity contribution >= 4 is 23.6 Å². The zero-order chi connectivity index (χ0) is 19.2. The lowest BCUT2D eigenvalue weighted by molar-refractivity contribution is -0.141. The van der Waals surface area contributed by atoms with Gasteiger partial charge in [0.25, 0.3) is 0 Å². The maximum absolute atomic E-state index is 12.7. The van der Waals surface area contributed by atoms with E-state index in [4.69, 9.17) is 9.47 Å². The van der Waals surface area contributed by atoms with Crippen LogP contribution in [0.5, 0.6) is 5.75 Å². The zero-order valence-corrected chi connectivity index (χ0v) is 15.5. The fourth-order valence-corrected chi connectivity index (χ4v) is 3.28. The van der Waals surface area contributed by atoms with Crippen LogP contribution in [-0.2, 0) is 14.3 Å². The molecule has 1 aliphatic heterocycles. The molecule has 0 radical (unpaired) electrons. The monoisotopic (exact) mass is 365 g/mol. The van der Waals surface area contributed by atoms with Crippen molar-refractivity contribution < 1.29 is 19.1 Å². The molecule has 0 aromatic heterocycles. The van der Waals surface area contributed by atoms with E-state index in [0.29, 0.717) is 6.42 Å². The summed E-state index contributed by atoms with van der Waals surface area (Å²) in [6.45, 7) is 0. The number of hydrogen-bond acceptors (Lipinski definition) is 4. The highest BCUT2D eigenvalue weighted by atomic mass is 16.5. The summed E-state index contributed by atoms with van der Waals surface area (Å²) in [7, 11) is 2.97. The molecule has 1 heterocycles. The Hall–Kier alpha value is -3.08. The number of β-lactam (4-membered cyclic amide) rings is 1. The minimum absolute atomic E-state index is 0.0202. The van der Waals surface area contributed by atoms with Gasteiger partial charge in [-0.1, -0.05) is 42.5 Å². The molecule has 0 saturated carbocycles. The molecule has 2 atom stereocenters. The van der Waals surface area contributed by atoms with E-state index in [1.807, 2.05) is 66.7 Å². The van der Waals surface area contributed by atoms with Gasteiger partial charge in [-0.2, -0.15) is 0 Å². The van der Waals surface area contributed by atoms with Crippen molar-refractivity contribution in [2.24, 2.45) is 5.92 Å². The van der Waals surface area contributed by atoms with Gasteiger partial charge in [-0.3, -0.25) is 9.59 Å². The molecule has 27 heavy (non-hydrogen) atoms. The van der Waals surface area contributed by atoms with Crippen molar-refractivity contribution in [1.29, 1.82) is 0 Å². The highest BCUT2D eigenvalue weighted by molar-refractivity contribution is 6.04. The summed E-state index contributed by atoms with van der Waals surface area (Å²) in [6.07, 6.45) is 4.75. The van der Waals surface area contributed by atoms with Crippen LogP contribution >= 0.6 is 0 Å². The number of benzene rings is 2. The Morgan fingerprint density at radius 2 is 1.78 bits per heavy atom. The average Bonchev–Trinajstić information content (AvgIpc) is 2.72. The lowest BCUT2D eigenvalue weighted by Gasteiger charge is -2.46. The number of carbonyl (C=O) groups is 2. The summed E-state index contributed by atoms with van der Waals surface area (Å²) in [5, 5.41) is 0. The van der Waals surface area contributed by atoms with Crippen LogP contribution in [0, 0.1) is 5.92 Å². The molecule has 3 rings (SSSR count). The zero-order valence-electron chi connectivity index (χ0n) is 15.5. The Balaban J connectivity index is 1.81. The highest BCUT2D eigenvalue weighted by Gasteiger charge is 2.46. The molecule has 5 nitrogen and oxygen atoms in total. The van der Waals surface area contributed by atoms with E-state index in [-0.39, 0.29) is 30.3 Å². The molecule has 0 spiro atoms. The molecular weight excluding hydrogens is 342 g/mol. The Morgan fingerprint density at radius 3 is 2.41 bits per heavy atom. The summed E-state index contributed by atoms with van der Waals surface area (Å²) in [5.41, 5.74) is 1.89. The molecule has 1 saturated heterocycles. The van der Waals surface area contributed by atoms with Gasteiger partial charge >= 0.3 is 5.97 Å². The van der Waals surface area contributed by atoms with Gasteiger partial charge in [0.15, 0.2) is 0 Å². The summed E-state index contributed by atoms with van der Waals surface area (Å²) in [6, 6.07) is 17.3. The van der Waals surface area contributed by atoms with Gasteiger partial charge in [0.1, 0.15) is 5.75 Å². The molecule has 140 valence electrons. The molecule has 1 fully saturated rings. The molecule has 2 aromatic carbocycles. The van der Waals surface area contributed by atoms with Crippen molar-refractivity contribution in [3.63, 3.8) is 0 Å². The largest absolute Gasteiger partial charge is 0.497 e. The number of rotatable bonds is 7. The number of ether oxygens (including phenoxy) is 2. The normalized spacial score (nSPS) is 19.0. The number of anilines is 1. The van der Waals surface area contributed by atoms with E-state index in [1.165, 1.54) is 7.11 Å². The highest BCUT2D eigenvalue weighted by Crippen LogP contribution is 2.37. The van der Waals surface area contributed by atoms with Crippen LogP contribution < -0.4 is 9.64 Å². The SMILES string of the molecule is COC(=O)CC[C@@H]1C(=O)N(c2ccc(OC)cc2)C1/C=C/c1ccccc1. The van der Waals surface area contributed by atoms with Crippen molar-refractivity contribution in [1.82, 2.24) is 0 Å². The quantitative estimate of drug-likeness (QED) is 0.555. The van der Waals surface area contributed by atoms with Gasteiger partial charge in [-0.15, -0.1) is 0 Å². The molecule has 1 amide bonds. The first kappa shape index (κ1) is 18.7. The maximum atomic E-state index is 12.7. The van der Waals surface area contributed by atoms with Crippen LogP contribution in [0.2, 0.25) is 0 Å². The van der Waals surface area contributed by atoms with Crippen LogP contribution in [0.3, 0.4) is 0 Å². The lowest BCUT2D eigenvalue weighted by Crippen LogP contribution is -2.60. The van der Waals surface area contributed by atoms with E-state index in [2.05, 4.69) is 0 Å². The van der Waals surface area contributed by atoms with Crippen molar-refractivity contribution in [3.8, 4) is 5.75 Å². The topological polar surface area (TPSA) is 55.8 Å². The number of methoxy groups -OCH3 is 2. The second kappa shape index (κ2) is 8.54. The van der Waals surface area contributed by atoms with E-state index >= 15 is 0 Å². The summed E-state index contributed by atoms with van der Waals surface area (Å²) >= 11 is 0. The van der Waals surface area contributed by atoms with Crippen LogP contribution in [0.1, 0.15) is 18.4 Å². The van der Waals surface area contributed by atoms with Crippen LogP contribution in [0.4, 0.5) is 5.69 Å². The molecule has 0 aliphatic carbocycles. The predicted molar refractivity (Wildman–Crippen MR) is 104 cm³/mol. The Morgan fingerprint density at radius 1 is 1.07 bits per heavy atom. The number of carbonyl (C=O) groups excluding carboxylic acids is 2. The average molecular weight is 365 g/mol. The molecule has 5 heteroatoms. The van der Waals surface area contributed by atoms with E-state index in [9.17, 15) is 9.59 Å². The Bertz CT molecular complexity index is 814. The van der Waals surface area contributed by atoms with Crippen molar-refractivity contribution in [3.05, 3.63) is 66.2 Å². The third-order valence-corrected chi connectivity index (χ3v) is 4.79. The van der Waals surface area contributed by atoms with Gasteiger partial charge < -0.3 is 14.4 Å². The second-order valence-electron chi connectivity index (χ2n) is 6.39. The van der Waals surface area contributed by atoms with Crippen molar-refractivity contribution in [2.45, 2.75) is 18.9 Å². The van der Waals surface area contributed by atoms with Crippen LogP contribution in [0.15, 0.2) is 60.7 Å². The van der Waals surface area contributed by atoms with Gasteiger partial charge in [0.05, 0.1) is 26.2 Å². The van der Waals surface area contributed by atoms with Gasteiger partial charge in [-0.05, 0) is 36.2 Å². The third-order valence-electron chi connectivity index (χ3n) is 4.79. The fraction of sp³-hybridized carbons (Fsp3) is 0.273. The minimum Gasteiger partial charge on any atom is -0.497 e. The fourth-order valence-electron chi connectivity index (χ4n) is 3.28. The smallest absolute Gasteiger partial charge is 0.305 e. The minimum atomic E-state index is -0.295. The van der Waals surface area contributed by atoms with E-state index in [1.54, 1.807) is 12.0 Å². The molecule has 1 aliphatic rings. The van der Waals surface area contributed by atoms with Crippen LogP contribution in [0.25, 0.3) is 6.08 Å². The van der Waals surface area contributed by atoms with Gasteiger partial charge in [0.2, 0.25) is 5.91 Å². The molecule has 2 aromatic rings. The van der Waals surface area contributed by atoms with E-state index in [0.717, 1.165) is 17.0 Å². The van der Waals surface area contributed by atoms with Crippen molar-refractivity contribution in [2.75, 3.05) is 19.1 Å². The van der Waals surface area contributed by atoms with Crippen LogP contribution in [-0.4, -0.2) is 32.1 Å². The summed E-state index contributed by atoms with van der Waals surface area (Å²) < 4.78 is 9.90. The first-order valence-electron chi connectivity index (χ1n) is 8.91. The lowest BCUT2D eigenvalue weighted by atomic mass is 9.82. The summed E-state index contributed by atoms with van der Waals surface area (Å²) in [4.78, 5) is 26.0. The predicted octanol–water partition coefficient (Wildman–Crippen LogP) is 3.69. The van der Waals surface area contributed by atoms with E-state index < -0.39 is 0 Å². The number of esters is 1. The van der Waals surface area contributed by atoms with Gasteiger partial charge in [-0.25, -0.2) is 0 Å². The first-order chi connectivity index (χ1) is 13.1. The number of amides is 1. The Labute approximate surface area is 159 Å². The first-order valence-corrected chi connectivity index (χ1v) is 8.91. The number of hydrogen-bond donors (Lipinski definition) is 0. The van der Waals surface area contributed by atoms with Gasteiger partial charge in [0, 0.05) is 12.1 Å². The second-order valence-corrected chi connectivity index (χ2v) is 6.39. The molecule has 0 N–H and O–H groups in total. The number of nitrogens with zero attached hydrogens (tertiary/aromatic N) is 1. The standard InChI is InChI=1S/C22H23NO4/c1-26-18-11-9-17(10-12-18)23-20(14-8-16-6-4-3-5-7-16)19(22(23)25)13-15-21(24)27-2/h3-12,14,19-20H,13,15H2,1-2H3/b14-8+/t19-,20?/m0/s1. The Kier molecular flexibility index (Phi) is 5.91. The maximum Gasteiger partial charge on any atom is 0.305 e. The molecule has 0 bridgehead atoms.